The van der Waals surface area contributed by atoms with Crippen LogP contribution in [-0.4, -0.2) is 101 Å². The molecule has 5 aliphatic rings. The van der Waals surface area contributed by atoms with Crippen LogP contribution in [0.25, 0.3) is 0 Å². The second-order valence-corrected chi connectivity index (χ2v) is 15.5. The lowest BCUT2D eigenvalue weighted by Gasteiger charge is -2.54. The molecule has 4 heterocycles. The van der Waals surface area contributed by atoms with E-state index in [0.717, 1.165) is 122 Å². The zero-order valence-corrected chi connectivity index (χ0v) is 29.7. The van der Waals surface area contributed by atoms with E-state index in [1.807, 2.05) is 12.1 Å². The van der Waals surface area contributed by atoms with Crippen LogP contribution < -0.4 is 15.0 Å². The maximum Gasteiger partial charge on any atom is 0.407 e. The summed E-state index contributed by atoms with van der Waals surface area (Å²) in [6.07, 6.45) is 7.97. The molecule has 2 aromatic carbocycles. The highest BCUT2D eigenvalue weighted by molar-refractivity contribution is 5.67. The molecular formula is C40H54FN5O4. The van der Waals surface area contributed by atoms with Gasteiger partial charge in [-0.2, -0.15) is 5.26 Å². The molecule has 3 atom stereocenters. The first kappa shape index (κ1) is 35.0. The van der Waals surface area contributed by atoms with Crippen LogP contribution in [0.3, 0.4) is 0 Å². The van der Waals surface area contributed by atoms with Gasteiger partial charge in [-0.1, -0.05) is 18.6 Å². The molecule has 0 bridgehead atoms. The van der Waals surface area contributed by atoms with Crippen molar-refractivity contribution in [3.63, 3.8) is 0 Å². The average molecular weight is 688 g/mol. The second-order valence-electron chi connectivity index (χ2n) is 15.5. The number of carbonyl (C=O) groups excluding carboxylic acids is 1. The number of nitriles is 1. The monoisotopic (exact) mass is 687 g/mol. The van der Waals surface area contributed by atoms with E-state index in [1.54, 1.807) is 12.1 Å². The maximum atomic E-state index is 15.0. The minimum atomic E-state index is -0.372. The largest absolute Gasteiger partial charge is 0.492 e. The molecule has 9 nitrogen and oxygen atoms in total. The highest BCUT2D eigenvalue weighted by atomic mass is 19.1. The van der Waals surface area contributed by atoms with Gasteiger partial charge in [-0.05, 0) is 119 Å². The van der Waals surface area contributed by atoms with E-state index in [4.69, 9.17) is 14.2 Å². The lowest BCUT2D eigenvalue weighted by Crippen LogP contribution is -2.60. The molecule has 1 saturated carbocycles. The molecule has 0 radical (unpaired) electrons. The number of amides is 1. The fourth-order valence-electron chi connectivity index (χ4n) is 9.67. The zero-order valence-electron chi connectivity index (χ0n) is 29.7. The molecule has 1 amide bonds. The van der Waals surface area contributed by atoms with E-state index < -0.39 is 0 Å². The molecule has 4 saturated heterocycles. The fraction of sp³-hybridized carbons (Fsp3) is 0.650. The predicted molar refractivity (Wildman–Crippen MR) is 191 cm³/mol. The van der Waals surface area contributed by atoms with E-state index in [9.17, 15) is 14.4 Å². The Balaban J connectivity index is 1.00. The first-order valence-electron chi connectivity index (χ1n) is 19.0. The summed E-state index contributed by atoms with van der Waals surface area (Å²) in [6, 6.07) is 15.7. The first-order chi connectivity index (χ1) is 24.4. The minimum Gasteiger partial charge on any atom is -0.492 e. The van der Waals surface area contributed by atoms with Crippen LogP contribution in [0.2, 0.25) is 0 Å². The van der Waals surface area contributed by atoms with Crippen LogP contribution in [0.1, 0.15) is 62.5 Å². The number of halogens is 1. The van der Waals surface area contributed by atoms with Crippen molar-refractivity contribution in [2.75, 3.05) is 84.2 Å². The third kappa shape index (κ3) is 7.61. The number of piperidine rings is 1. The van der Waals surface area contributed by atoms with Crippen LogP contribution in [0.4, 0.5) is 14.9 Å². The molecule has 0 aromatic heterocycles. The Hall–Kier alpha value is -3.39. The summed E-state index contributed by atoms with van der Waals surface area (Å²) in [6.45, 7) is 10.4. The van der Waals surface area contributed by atoms with Gasteiger partial charge in [0.05, 0.1) is 19.3 Å². The Morgan fingerprint density at radius 3 is 2.48 bits per heavy atom. The van der Waals surface area contributed by atoms with Crippen LogP contribution in [-0.2, 0) is 14.9 Å². The van der Waals surface area contributed by atoms with Crippen molar-refractivity contribution in [3.8, 4) is 11.8 Å². The molecule has 0 unspecified atom stereocenters. The van der Waals surface area contributed by atoms with Gasteiger partial charge < -0.3 is 34.2 Å². The summed E-state index contributed by atoms with van der Waals surface area (Å²) in [5.74, 6) is 2.18. The van der Waals surface area contributed by atoms with Crippen LogP contribution in [0.5, 0.6) is 5.75 Å². The zero-order chi connectivity index (χ0) is 34.5. The van der Waals surface area contributed by atoms with Gasteiger partial charge in [-0.25, -0.2) is 9.18 Å². The lowest BCUT2D eigenvalue weighted by atomic mass is 9.57. The van der Waals surface area contributed by atoms with Gasteiger partial charge in [-0.3, -0.25) is 0 Å². The molecule has 7 rings (SSSR count). The maximum absolute atomic E-state index is 15.0. The molecule has 270 valence electrons. The Morgan fingerprint density at radius 1 is 0.980 bits per heavy atom. The number of benzene rings is 2. The van der Waals surface area contributed by atoms with E-state index in [1.165, 1.54) is 13.5 Å². The molecule has 50 heavy (non-hydrogen) atoms. The standard InChI is InChI=1S/C40H54FN5O4/c1-48-39(47)43-37-8-3-7-36(37)40(28-45-15-4-16-45,33-5-2-6-34(41)21-33)32-11-17-44(18-12-32)24-30-25-46(26-30)35-10-9-31(23-42)38(22-35)50-27-29-13-19-49-20-14-29/h2,5-6,9-10,21-22,29-30,32,36-37H,3-4,7-8,11-20,24-28H2,1H3,(H,43,47)/t36-,37-,40-/m0/s1. The Morgan fingerprint density at radius 2 is 1.78 bits per heavy atom. The van der Waals surface area contributed by atoms with Gasteiger partial charge in [0, 0.05) is 68.5 Å². The highest BCUT2D eigenvalue weighted by Gasteiger charge is 2.53. The predicted octanol–water partition coefficient (Wildman–Crippen LogP) is 5.82. The third-order valence-corrected chi connectivity index (χ3v) is 12.5. The summed E-state index contributed by atoms with van der Waals surface area (Å²) in [7, 11) is 1.43. The van der Waals surface area contributed by atoms with Crippen LogP contribution in [0.15, 0.2) is 42.5 Å². The van der Waals surface area contributed by atoms with Crippen molar-refractivity contribution in [1.82, 2.24) is 15.1 Å². The second kappa shape index (κ2) is 15.9. The molecule has 5 fully saturated rings. The summed E-state index contributed by atoms with van der Waals surface area (Å²) >= 11 is 0. The van der Waals surface area contributed by atoms with E-state index in [-0.39, 0.29) is 29.3 Å². The number of ether oxygens (including phenoxy) is 3. The normalized spacial score (nSPS) is 25.3. The van der Waals surface area contributed by atoms with Gasteiger partial charge in [0.15, 0.2) is 0 Å². The Kier molecular flexibility index (Phi) is 11.1. The number of rotatable bonds is 12. The minimum absolute atomic E-state index is 0.0148. The molecule has 2 aromatic rings. The average Bonchev–Trinajstić information content (AvgIpc) is 3.57. The molecule has 0 spiro atoms. The van der Waals surface area contributed by atoms with E-state index in [0.29, 0.717) is 35.7 Å². The SMILES string of the molecule is COC(=O)N[C@H]1CCC[C@@H]1[C@](CN1CCC1)(c1cccc(F)c1)C1CCN(CC2CN(c3ccc(C#N)c(OCC4CCOCC4)c3)C2)CC1. The first-order valence-corrected chi connectivity index (χ1v) is 19.0. The van der Waals surface area contributed by atoms with Crippen molar-refractivity contribution in [3.05, 3.63) is 59.4 Å². The molecule has 4 aliphatic heterocycles. The number of hydrogen-bond donors (Lipinski definition) is 1. The molecule has 1 aliphatic carbocycles. The molecule has 10 heteroatoms. The number of nitrogens with one attached hydrogen (secondary N) is 1. The smallest absolute Gasteiger partial charge is 0.407 e. The summed E-state index contributed by atoms with van der Waals surface area (Å²) < 4.78 is 31.7. The Bertz CT molecular complexity index is 1490. The fourth-order valence-corrected chi connectivity index (χ4v) is 9.67. The van der Waals surface area contributed by atoms with Crippen LogP contribution in [0, 0.1) is 40.8 Å². The lowest BCUT2D eigenvalue weighted by molar-refractivity contribution is 0.0223. The number of likely N-dealkylation sites (tertiary alicyclic amines) is 2. The van der Waals surface area contributed by atoms with Crippen molar-refractivity contribution in [1.29, 1.82) is 5.26 Å². The summed E-state index contributed by atoms with van der Waals surface area (Å²) in [5.41, 5.74) is 2.57. The highest BCUT2D eigenvalue weighted by Crippen LogP contribution is 2.51. The summed E-state index contributed by atoms with van der Waals surface area (Å²) in [5, 5.41) is 12.9. The number of alkyl carbamates (subject to hydrolysis) is 1. The van der Waals surface area contributed by atoms with Gasteiger partial charge >= 0.3 is 6.09 Å². The quantitative estimate of drug-likeness (QED) is 0.299. The van der Waals surface area contributed by atoms with Crippen molar-refractivity contribution >= 4 is 11.8 Å². The topological polar surface area (TPSA) is 90.3 Å². The number of anilines is 1. The number of carbonyl (C=O) groups is 1. The summed E-state index contributed by atoms with van der Waals surface area (Å²) in [4.78, 5) is 20.1. The van der Waals surface area contributed by atoms with Gasteiger partial charge in [0.2, 0.25) is 0 Å². The number of methoxy groups -OCH3 is 1. The molecular weight excluding hydrogens is 633 g/mol. The van der Waals surface area contributed by atoms with Gasteiger partial charge in [-0.15, -0.1) is 0 Å². The number of hydrogen-bond acceptors (Lipinski definition) is 8. The van der Waals surface area contributed by atoms with E-state index >= 15 is 0 Å². The Labute approximate surface area is 297 Å². The van der Waals surface area contributed by atoms with Crippen molar-refractivity contribution in [2.24, 2.45) is 23.7 Å². The van der Waals surface area contributed by atoms with Crippen LogP contribution >= 0.6 is 0 Å². The molecule has 1 N–H and O–H groups in total. The van der Waals surface area contributed by atoms with Gasteiger partial charge in [0.25, 0.3) is 0 Å². The van der Waals surface area contributed by atoms with Crippen molar-refractivity contribution in [2.45, 2.75) is 62.8 Å². The van der Waals surface area contributed by atoms with Crippen molar-refractivity contribution < 1.29 is 23.4 Å². The number of nitrogens with zero attached hydrogens (tertiary/aromatic N) is 4. The third-order valence-electron chi connectivity index (χ3n) is 12.5. The van der Waals surface area contributed by atoms with Gasteiger partial charge in [0.1, 0.15) is 17.6 Å². The van der Waals surface area contributed by atoms with E-state index in [2.05, 4.69) is 44.3 Å².